The highest BCUT2D eigenvalue weighted by Gasteiger charge is 2.46. The van der Waals surface area contributed by atoms with Crippen molar-refractivity contribution in [2.24, 2.45) is 0 Å². The Morgan fingerprint density at radius 1 is 1.30 bits per heavy atom. The van der Waals surface area contributed by atoms with Crippen LogP contribution >= 0.6 is 11.6 Å². The van der Waals surface area contributed by atoms with E-state index in [4.69, 9.17) is 16.3 Å². The van der Waals surface area contributed by atoms with Gasteiger partial charge in [-0.1, -0.05) is 17.7 Å². The molecule has 7 nitrogen and oxygen atoms in total. The second kappa shape index (κ2) is 9.28. The van der Waals surface area contributed by atoms with Gasteiger partial charge in [-0.05, 0) is 56.9 Å². The van der Waals surface area contributed by atoms with E-state index in [1.165, 1.54) is 18.1 Å². The molecule has 0 spiro atoms. The molecule has 1 amide bonds. The molecular formula is C22H24ClN3O4. The maximum atomic E-state index is 13.0. The quantitative estimate of drug-likeness (QED) is 0.413. The van der Waals surface area contributed by atoms with Crippen molar-refractivity contribution in [3.05, 3.63) is 64.4 Å². The van der Waals surface area contributed by atoms with Gasteiger partial charge in [-0.3, -0.25) is 14.6 Å². The Balaban J connectivity index is 2.13. The molecule has 2 heterocycles. The second-order valence-corrected chi connectivity index (χ2v) is 7.72. The van der Waals surface area contributed by atoms with E-state index < -0.39 is 17.7 Å². The molecule has 30 heavy (non-hydrogen) atoms. The van der Waals surface area contributed by atoms with Gasteiger partial charge in [0.2, 0.25) is 0 Å². The third kappa shape index (κ3) is 4.32. The van der Waals surface area contributed by atoms with Crippen molar-refractivity contribution in [1.29, 1.82) is 0 Å². The number of aliphatic hydroxyl groups is 1. The number of pyridine rings is 1. The van der Waals surface area contributed by atoms with Crippen LogP contribution in [0.25, 0.3) is 5.76 Å². The zero-order valence-electron chi connectivity index (χ0n) is 17.1. The number of nitrogens with zero attached hydrogens (tertiary/aromatic N) is 3. The molecule has 2 aromatic rings. The third-order valence-corrected chi connectivity index (χ3v) is 5.20. The van der Waals surface area contributed by atoms with E-state index >= 15 is 0 Å². The maximum absolute atomic E-state index is 13.0. The summed E-state index contributed by atoms with van der Waals surface area (Å²) in [7, 11) is 5.34. The van der Waals surface area contributed by atoms with Crippen molar-refractivity contribution < 1.29 is 19.4 Å². The average molecular weight is 430 g/mol. The van der Waals surface area contributed by atoms with Crippen LogP contribution in [-0.4, -0.2) is 65.9 Å². The van der Waals surface area contributed by atoms with Gasteiger partial charge in [0.05, 0.1) is 24.3 Å². The molecule has 0 radical (unpaired) electrons. The molecule has 1 saturated heterocycles. The van der Waals surface area contributed by atoms with E-state index in [1.807, 2.05) is 19.0 Å². The van der Waals surface area contributed by atoms with Crippen LogP contribution < -0.4 is 4.74 Å². The summed E-state index contributed by atoms with van der Waals surface area (Å²) >= 11 is 6.10. The molecule has 1 N–H and O–H groups in total. The molecule has 0 bridgehead atoms. The molecule has 1 atom stereocenters. The van der Waals surface area contributed by atoms with Gasteiger partial charge in [-0.2, -0.15) is 0 Å². The summed E-state index contributed by atoms with van der Waals surface area (Å²) in [5, 5.41) is 11.5. The number of aliphatic hydroxyl groups excluding tert-OH is 1. The van der Waals surface area contributed by atoms with Crippen LogP contribution in [0.1, 0.15) is 23.6 Å². The number of hydrogen-bond donors (Lipinski definition) is 1. The minimum atomic E-state index is -0.746. The summed E-state index contributed by atoms with van der Waals surface area (Å²) in [6.45, 7) is 1.12. The molecule has 158 valence electrons. The molecule has 1 aromatic carbocycles. The number of halogens is 1. The Bertz CT molecular complexity index is 976. The molecule has 8 heteroatoms. The topological polar surface area (TPSA) is 83.0 Å². The lowest BCUT2D eigenvalue weighted by Crippen LogP contribution is -2.32. The fourth-order valence-electron chi connectivity index (χ4n) is 3.56. The van der Waals surface area contributed by atoms with E-state index in [-0.39, 0.29) is 16.9 Å². The Labute approximate surface area is 180 Å². The van der Waals surface area contributed by atoms with E-state index in [1.54, 1.807) is 36.7 Å². The fraction of sp³-hybridized carbons (Fsp3) is 0.318. The van der Waals surface area contributed by atoms with Crippen LogP contribution in [0.2, 0.25) is 5.02 Å². The number of Topliss-reactive ketones (excluding diaryl/α,β-unsaturated/α-hetero) is 1. The van der Waals surface area contributed by atoms with Gasteiger partial charge in [0, 0.05) is 24.0 Å². The minimum Gasteiger partial charge on any atom is -0.507 e. The van der Waals surface area contributed by atoms with Gasteiger partial charge in [0.15, 0.2) is 0 Å². The zero-order valence-corrected chi connectivity index (χ0v) is 17.9. The normalized spacial score (nSPS) is 18.3. The van der Waals surface area contributed by atoms with E-state index in [9.17, 15) is 14.7 Å². The molecule has 0 aliphatic carbocycles. The fourth-order valence-corrected chi connectivity index (χ4v) is 3.73. The number of benzene rings is 1. The number of ketones is 1. The highest BCUT2D eigenvalue weighted by molar-refractivity contribution is 6.46. The van der Waals surface area contributed by atoms with Crippen molar-refractivity contribution in [3.8, 4) is 5.75 Å². The van der Waals surface area contributed by atoms with Gasteiger partial charge < -0.3 is 19.6 Å². The van der Waals surface area contributed by atoms with E-state index in [2.05, 4.69) is 4.98 Å². The SMILES string of the molecule is COc1ccc(Cl)cc1C(O)=C1C(=O)C(=O)N(CCCN(C)C)[C@H]1c1cccnc1. The predicted octanol–water partition coefficient (Wildman–Crippen LogP) is 3.12. The second-order valence-electron chi connectivity index (χ2n) is 7.28. The number of amides is 1. The van der Waals surface area contributed by atoms with Crippen molar-refractivity contribution in [2.45, 2.75) is 12.5 Å². The monoisotopic (exact) mass is 429 g/mol. The lowest BCUT2D eigenvalue weighted by Gasteiger charge is -2.25. The molecule has 0 unspecified atom stereocenters. The van der Waals surface area contributed by atoms with Gasteiger partial charge in [0.1, 0.15) is 11.5 Å². The molecule has 0 saturated carbocycles. The van der Waals surface area contributed by atoms with Crippen LogP contribution in [0.15, 0.2) is 48.3 Å². The summed E-state index contributed by atoms with van der Waals surface area (Å²) < 4.78 is 5.32. The molecule has 1 aliphatic rings. The number of hydrogen-bond acceptors (Lipinski definition) is 6. The lowest BCUT2D eigenvalue weighted by atomic mass is 9.96. The van der Waals surface area contributed by atoms with Crippen LogP contribution in [0.5, 0.6) is 5.75 Å². The summed E-state index contributed by atoms with van der Waals surface area (Å²) in [6.07, 6.45) is 3.89. The summed E-state index contributed by atoms with van der Waals surface area (Å²) in [5.41, 5.74) is 0.896. The number of carbonyl (C=O) groups is 2. The molecule has 1 fully saturated rings. The number of likely N-dealkylation sites (tertiary alicyclic amines) is 1. The van der Waals surface area contributed by atoms with Crippen LogP contribution in [-0.2, 0) is 9.59 Å². The van der Waals surface area contributed by atoms with Crippen molar-refractivity contribution in [3.63, 3.8) is 0 Å². The summed E-state index contributed by atoms with van der Waals surface area (Å²) in [6, 6.07) is 7.50. The van der Waals surface area contributed by atoms with Gasteiger partial charge in [-0.25, -0.2) is 0 Å². The first-order valence-corrected chi connectivity index (χ1v) is 9.90. The Hall–Kier alpha value is -2.90. The molecule has 3 rings (SSSR count). The Kier molecular flexibility index (Phi) is 6.74. The van der Waals surface area contributed by atoms with Gasteiger partial charge >= 0.3 is 0 Å². The van der Waals surface area contributed by atoms with Crippen LogP contribution in [0, 0.1) is 0 Å². The smallest absolute Gasteiger partial charge is 0.295 e. The van der Waals surface area contributed by atoms with Gasteiger partial charge in [0.25, 0.3) is 11.7 Å². The summed E-state index contributed by atoms with van der Waals surface area (Å²) in [5.74, 6) is -1.37. The van der Waals surface area contributed by atoms with E-state index in [0.717, 1.165) is 6.54 Å². The average Bonchev–Trinajstić information content (AvgIpc) is 2.98. The first kappa shape index (κ1) is 21.8. The summed E-state index contributed by atoms with van der Waals surface area (Å²) in [4.78, 5) is 33.5. The number of aromatic nitrogens is 1. The number of methoxy groups -OCH3 is 1. The Morgan fingerprint density at radius 3 is 2.70 bits per heavy atom. The van der Waals surface area contributed by atoms with Crippen LogP contribution in [0.4, 0.5) is 0 Å². The van der Waals surface area contributed by atoms with Crippen molar-refractivity contribution in [1.82, 2.24) is 14.8 Å². The first-order valence-electron chi connectivity index (χ1n) is 9.52. The third-order valence-electron chi connectivity index (χ3n) is 4.96. The number of rotatable bonds is 7. The first-order chi connectivity index (χ1) is 14.3. The van der Waals surface area contributed by atoms with Crippen molar-refractivity contribution >= 4 is 29.1 Å². The van der Waals surface area contributed by atoms with Gasteiger partial charge in [-0.15, -0.1) is 0 Å². The van der Waals surface area contributed by atoms with Crippen LogP contribution in [0.3, 0.4) is 0 Å². The highest BCUT2D eigenvalue weighted by atomic mass is 35.5. The maximum Gasteiger partial charge on any atom is 0.295 e. The molecule has 1 aromatic heterocycles. The van der Waals surface area contributed by atoms with Crippen molar-refractivity contribution in [2.75, 3.05) is 34.3 Å². The zero-order chi connectivity index (χ0) is 21.8. The molecule has 1 aliphatic heterocycles. The Morgan fingerprint density at radius 2 is 2.07 bits per heavy atom. The number of ether oxygens (including phenoxy) is 1. The highest BCUT2D eigenvalue weighted by Crippen LogP contribution is 2.41. The lowest BCUT2D eigenvalue weighted by molar-refractivity contribution is -0.139. The standard InChI is InChI=1S/C22H24ClN3O4/c1-25(2)10-5-11-26-19(14-6-4-9-24-13-14)18(21(28)22(26)29)20(27)16-12-15(23)7-8-17(16)30-3/h4,6-9,12-13,19,27H,5,10-11H2,1-3H3/t19-/m0/s1. The largest absolute Gasteiger partial charge is 0.507 e. The van der Waals surface area contributed by atoms with E-state index in [0.29, 0.717) is 29.3 Å². The molecular weight excluding hydrogens is 406 g/mol. The minimum absolute atomic E-state index is 0.00146. The predicted molar refractivity (Wildman–Crippen MR) is 114 cm³/mol. The number of carbonyl (C=O) groups excluding carboxylic acids is 2.